The van der Waals surface area contributed by atoms with Crippen molar-refractivity contribution < 1.29 is 4.79 Å². The molecule has 1 amide bonds. The van der Waals surface area contributed by atoms with Crippen LogP contribution < -0.4 is 0 Å². The second-order valence-electron chi connectivity index (χ2n) is 3.82. The molecule has 0 fully saturated rings. The molecule has 2 nitrogen and oxygen atoms in total. The van der Waals surface area contributed by atoms with Gasteiger partial charge in [-0.05, 0) is 17.5 Å². The van der Waals surface area contributed by atoms with Gasteiger partial charge in [0.15, 0.2) is 0 Å². The van der Waals surface area contributed by atoms with E-state index < -0.39 is 0 Å². The molecule has 0 saturated carbocycles. The topological polar surface area (TPSA) is 20.3 Å². The summed E-state index contributed by atoms with van der Waals surface area (Å²) in [6.45, 7) is 1.06. The zero-order valence-electron chi connectivity index (χ0n) is 9.73. The number of nitrogens with zero attached hydrogens (tertiary/aromatic N) is 1. The number of benzene rings is 1. The van der Waals surface area contributed by atoms with Gasteiger partial charge in [0.05, 0.1) is 4.88 Å². The highest BCUT2D eigenvalue weighted by Crippen LogP contribution is 2.26. The number of carbonyl (C=O) groups is 1. The Morgan fingerprint density at radius 2 is 1.83 bits per heavy atom. The average Bonchev–Trinajstić information content (AvgIpc) is 2.81. The van der Waals surface area contributed by atoms with E-state index in [1.165, 1.54) is 11.3 Å². The van der Waals surface area contributed by atoms with Crippen molar-refractivity contribution in [2.24, 2.45) is 0 Å². The van der Waals surface area contributed by atoms with Gasteiger partial charge in [-0.1, -0.05) is 18.2 Å². The molecule has 0 bridgehead atoms. The fourth-order valence-electron chi connectivity index (χ4n) is 1.76. The van der Waals surface area contributed by atoms with Crippen LogP contribution in [0.1, 0.15) is 9.67 Å². The van der Waals surface area contributed by atoms with E-state index in [0.717, 1.165) is 15.0 Å². The molecule has 96 valence electrons. The van der Waals surface area contributed by atoms with Gasteiger partial charge >= 0.3 is 0 Å². The molecular weight excluding hydrogens is 289 g/mol. The molecule has 0 aliphatic carbocycles. The van der Waals surface area contributed by atoms with Crippen LogP contribution in [0, 0.1) is 0 Å². The lowest BCUT2D eigenvalue weighted by atomic mass is 10.2. The summed E-state index contributed by atoms with van der Waals surface area (Å²) in [5.41, 5.74) is 0. The zero-order chi connectivity index (χ0) is 13.0. The molecule has 0 radical (unpaired) electrons. The summed E-state index contributed by atoms with van der Waals surface area (Å²) in [5.74, 6) is 0.860. The first-order valence-electron chi connectivity index (χ1n) is 5.66. The van der Waals surface area contributed by atoms with Gasteiger partial charge in [-0.2, -0.15) is 0 Å². The number of hydrogen-bond acceptors (Lipinski definition) is 2. The van der Waals surface area contributed by atoms with Gasteiger partial charge in [0.1, 0.15) is 0 Å². The molecule has 1 aromatic carbocycles. The monoisotopic (exact) mass is 301 g/mol. The number of carbonyl (C=O) groups excluding carboxylic acids is 1. The van der Waals surface area contributed by atoms with Gasteiger partial charge < -0.3 is 4.90 Å². The number of fused-ring (bicyclic) bond motifs is 1. The van der Waals surface area contributed by atoms with Crippen molar-refractivity contribution >= 4 is 50.5 Å². The molecule has 0 N–H and O–H groups in total. The van der Waals surface area contributed by atoms with Crippen molar-refractivity contribution in [3.8, 4) is 0 Å². The fraction of sp³-hybridized carbons (Fsp3) is 0.308. The van der Waals surface area contributed by atoms with Crippen molar-refractivity contribution in [2.75, 3.05) is 24.8 Å². The van der Waals surface area contributed by atoms with Gasteiger partial charge in [-0.15, -0.1) is 34.5 Å². The van der Waals surface area contributed by atoms with Crippen molar-refractivity contribution in [1.82, 2.24) is 4.90 Å². The molecule has 1 aromatic heterocycles. The molecule has 1 heterocycles. The first kappa shape index (κ1) is 13.7. The Hall–Kier alpha value is -0.770. The van der Waals surface area contributed by atoms with Gasteiger partial charge in [0, 0.05) is 29.5 Å². The van der Waals surface area contributed by atoms with Crippen LogP contribution in [-0.4, -0.2) is 35.7 Å². The van der Waals surface area contributed by atoms with Crippen LogP contribution in [0.25, 0.3) is 10.1 Å². The lowest BCUT2D eigenvalue weighted by Gasteiger charge is -2.19. The Morgan fingerprint density at radius 1 is 1.17 bits per heavy atom. The standard InChI is InChI=1S/C13H13Cl2NOS/c14-5-7-16(8-6-15)13(17)12-9-10-3-1-2-4-11(10)18-12/h1-4,9H,5-8H2. The van der Waals surface area contributed by atoms with E-state index >= 15 is 0 Å². The quantitative estimate of drug-likeness (QED) is 0.769. The Bertz CT molecular complexity index is 502. The van der Waals surface area contributed by atoms with Crippen molar-refractivity contribution in [1.29, 1.82) is 0 Å². The van der Waals surface area contributed by atoms with E-state index in [0.29, 0.717) is 24.8 Å². The molecule has 18 heavy (non-hydrogen) atoms. The number of hydrogen-bond donors (Lipinski definition) is 0. The maximum absolute atomic E-state index is 12.3. The van der Waals surface area contributed by atoms with Crippen LogP contribution in [0.5, 0.6) is 0 Å². The molecule has 2 aromatic rings. The first-order chi connectivity index (χ1) is 8.76. The summed E-state index contributed by atoms with van der Waals surface area (Å²) in [5, 5.41) is 1.10. The predicted molar refractivity (Wildman–Crippen MR) is 79.2 cm³/mol. The maximum atomic E-state index is 12.3. The molecule has 0 atom stereocenters. The third kappa shape index (κ3) is 2.97. The largest absolute Gasteiger partial charge is 0.336 e. The van der Waals surface area contributed by atoms with Crippen LogP contribution in [-0.2, 0) is 0 Å². The van der Waals surface area contributed by atoms with Crippen LogP contribution >= 0.6 is 34.5 Å². The van der Waals surface area contributed by atoms with Crippen LogP contribution in [0.15, 0.2) is 30.3 Å². The Labute approximate surface area is 120 Å². The summed E-state index contributed by atoms with van der Waals surface area (Å²) < 4.78 is 1.12. The molecule has 0 aliphatic heterocycles. The summed E-state index contributed by atoms with van der Waals surface area (Å²) in [7, 11) is 0. The number of amides is 1. The summed E-state index contributed by atoms with van der Waals surface area (Å²) >= 11 is 12.9. The minimum absolute atomic E-state index is 0.0116. The SMILES string of the molecule is O=C(c1cc2ccccc2s1)N(CCCl)CCCl. The molecule has 5 heteroatoms. The van der Waals surface area contributed by atoms with E-state index in [9.17, 15) is 4.79 Å². The molecule has 0 spiro atoms. The number of halogens is 2. The summed E-state index contributed by atoms with van der Waals surface area (Å²) in [4.78, 5) is 14.8. The summed E-state index contributed by atoms with van der Waals surface area (Å²) in [6, 6.07) is 9.90. The average molecular weight is 302 g/mol. The van der Waals surface area contributed by atoms with E-state index in [1.807, 2.05) is 30.3 Å². The second kappa shape index (κ2) is 6.41. The van der Waals surface area contributed by atoms with Crippen molar-refractivity contribution in [3.63, 3.8) is 0 Å². The third-order valence-electron chi connectivity index (χ3n) is 2.63. The number of thiophene rings is 1. The first-order valence-corrected chi connectivity index (χ1v) is 7.54. The maximum Gasteiger partial charge on any atom is 0.264 e. The van der Waals surface area contributed by atoms with E-state index in [2.05, 4.69) is 0 Å². The van der Waals surface area contributed by atoms with Gasteiger partial charge in [0.2, 0.25) is 0 Å². The molecule has 2 rings (SSSR count). The van der Waals surface area contributed by atoms with Gasteiger partial charge in [-0.25, -0.2) is 0 Å². The Kier molecular flexibility index (Phi) is 4.87. The summed E-state index contributed by atoms with van der Waals surface area (Å²) in [6.07, 6.45) is 0. The predicted octanol–water partition coefficient (Wildman–Crippen LogP) is 3.82. The van der Waals surface area contributed by atoms with Gasteiger partial charge in [-0.3, -0.25) is 4.79 Å². The van der Waals surface area contributed by atoms with Crippen LogP contribution in [0.2, 0.25) is 0 Å². The number of rotatable bonds is 5. The Morgan fingerprint density at radius 3 is 2.44 bits per heavy atom. The molecule has 0 saturated heterocycles. The van der Waals surface area contributed by atoms with Crippen LogP contribution in [0.3, 0.4) is 0 Å². The van der Waals surface area contributed by atoms with E-state index in [1.54, 1.807) is 4.90 Å². The normalized spacial score (nSPS) is 10.8. The lowest BCUT2D eigenvalue weighted by molar-refractivity contribution is 0.0780. The van der Waals surface area contributed by atoms with E-state index in [-0.39, 0.29) is 5.91 Å². The highest BCUT2D eigenvalue weighted by molar-refractivity contribution is 7.20. The zero-order valence-corrected chi connectivity index (χ0v) is 12.1. The fourth-order valence-corrected chi connectivity index (χ4v) is 3.20. The molecule has 0 aliphatic rings. The minimum Gasteiger partial charge on any atom is -0.336 e. The highest BCUT2D eigenvalue weighted by Gasteiger charge is 2.17. The van der Waals surface area contributed by atoms with Crippen molar-refractivity contribution in [2.45, 2.75) is 0 Å². The minimum atomic E-state index is 0.0116. The molecule has 0 unspecified atom stereocenters. The second-order valence-corrected chi connectivity index (χ2v) is 5.66. The third-order valence-corrected chi connectivity index (χ3v) is 4.07. The van der Waals surface area contributed by atoms with Gasteiger partial charge in [0.25, 0.3) is 5.91 Å². The van der Waals surface area contributed by atoms with Crippen molar-refractivity contribution in [3.05, 3.63) is 35.2 Å². The lowest BCUT2D eigenvalue weighted by Crippen LogP contribution is -2.33. The van der Waals surface area contributed by atoms with E-state index in [4.69, 9.17) is 23.2 Å². The highest BCUT2D eigenvalue weighted by atomic mass is 35.5. The number of alkyl halides is 2. The van der Waals surface area contributed by atoms with Crippen LogP contribution in [0.4, 0.5) is 0 Å². The Balaban J connectivity index is 2.25. The smallest absolute Gasteiger partial charge is 0.264 e. The molecular formula is C13H13Cl2NOS.